The van der Waals surface area contributed by atoms with Crippen molar-refractivity contribution in [2.24, 2.45) is 0 Å². The van der Waals surface area contributed by atoms with Crippen LogP contribution in [0.4, 0.5) is 15.8 Å². The third-order valence-corrected chi connectivity index (χ3v) is 10.1. The van der Waals surface area contributed by atoms with Crippen molar-refractivity contribution in [1.29, 1.82) is 0 Å². The van der Waals surface area contributed by atoms with Crippen LogP contribution in [0.5, 0.6) is 11.5 Å². The maximum atomic E-state index is 14.8. The van der Waals surface area contributed by atoms with Gasteiger partial charge in [-0.1, -0.05) is 18.6 Å². The molecule has 1 N–H and O–H groups in total. The van der Waals surface area contributed by atoms with Crippen molar-refractivity contribution in [3.63, 3.8) is 0 Å². The molecule has 1 aliphatic rings. The summed E-state index contributed by atoms with van der Waals surface area (Å²) in [4.78, 5) is 13.0. The van der Waals surface area contributed by atoms with Crippen molar-refractivity contribution in [3.05, 3.63) is 72.5 Å². The summed E-state index contributed by atoms with van der Waals surface area (Å²) in [6, 6.07) is 14.7. The smallest absolute Gasteiger partial charge is 0.264 e. The average Bonchev–Trinajstić information content (AvgIpc) is 2.96. The van der Waals surface area contributed by atoms with Gasteiger partial charge in [-0.15, -0.1) is 0 Å². The first-order valence-corrected chi connectivity index (χ1v) is 15.4. The topological polar surface area (TPSA) is 122 Å². The molecule has 3 aromatic carbocycles. The average molecular weight is 592 g/mol. The Labute approximate surface area is 233 Å². The highest BCUT2D eigenvalue weighted by atomic mass is 32.2. The van der Waals surface area contributed by atoms with Gasteiger partial charge in [-0.3, -0.25) is 9.10 Å². The molecule has 0 radical (unpaired) electrons. The Kier molecular flexibility index (Phi) is 8.96. The molecular weight excluding hydrogens is 561 g/mol. The number of sulfonamides is 2. The molecule has 3 aromatic rings. The number of hydrogen-bond donors (Lipinski definition) is 1. The minimum absolute atomic E-state index is 0.0286. The van der Waals surface area contributed by atoms with Crippen molar-refractivity contribution in [2.75, 3.05) is 43.5 Å². The lowest BCUT2D eigenvalue weighted by Gasteiger charge is -2.26. The van der Waals surface area contributed by atoms with Gasteiger partial charge in [0.1, 0.15) is 23.9 Å². The Hall–Kier alpha value is -3.68. The van der Waals surface area contributed by atoms with E-state index < -0.39 is 38.3 Å². The van der Waals surface area contributed by atoms with Crippen LogP contribution in [0, 0.1) is 5.82 Å². The van der Waals surface area contributed by atoms with Gasteiger partial charge in [0.05, 0.1) is 35.4 Å². The van der Waals surface area contributed by atoms with Crippen LogP contribution in [0.1, 0.15) is 19.3 Å². The molecule has 1 aliphatic heterocycles. The van der Waals surface area contributed by atoms with Crippen molar-refractivity contribution in [3.8, 4) is 11.5 Å². The highest BCUT2D eigenvalue weighted by Crippen LogP contribution is 2.31. The number of amides is 1. The SMILES string of the molecule is COc1ccc(S(=O)(=O)N(CC(=O)Nc2cc(S(=O)(=O)N3CCCCC3)ccc2OC)c2ccccc2F)cc1. The Morgan fingerprint density at radius 1 is 0.900 bits per heavy atom. The van der Waals surface area contributed by atoms with Gasteiger partial charge in [-0.2, -0.15) is 4.31 Å². The van der Waals surface area contributed by atoms with Gasteiger partial charge in [0.15, 0.2) is 0 Å². The van der Waals surface area contributed by atoms with Gasteiger partial charge in [-0.05, 0) is 67.4 Å². The zero-order chi connectivity index (χ0) is 28.9. The van der Waals surface area contributed by atoms with Crippen molar-refractivity contribution < 1.29 is 35.5 Å². The molecule has 0 spiro atoms. The molecule has 214 valence electrons. The summed E-state index contributed by atoms with van der Waals surface area (Å²) in [5, 5.41) is 2.54. The maximum Gasteiger partial charge on any atom is 0.264 e. The van der Waals surface area contributed by atoms with E-state index in [2.05, 4.69) is 5.32 Å². The second kappa shape index (κ2) is 12.2. The normalized spacial score (nSPS) is 14.4. The first-order chi connectivity index (χ1) is 19.1. The zero-order valence-corrected chi connectivity index (χ0v) is 23.7. The molecule has 1 saturated heterocycles. The first kappa shape index (κ1) is 29.3. The van der Waals surface area contributed by atoms with Gasteiger partial charge in [-0.25, -0.2) is 21.2 Å². The van der Waals surface area contributed by atoms with E-state index in [1.165, 1.54) is 79.2 Å². The summed E-state index contributed by atoms with van der Waals surface area (Å²) in [6.07, 6.45) is 2.47. The van der Waals surface area contributed by atoms with Crippen molar-refractivity contribution in [2.45, 2.75) is 29.1 Å². The second-order valence-electron chi connectivity index (χ2n) is 9.01. The number of halogens is 1. The molecule has 0 unspecified atom stereocenters. The fraction of sp³-hybridized carbons (Fsp3) is 0.296. The lowest BCUT2D eigenvalue weighted by molar-refractivity contribution is -0.114. The van der Waals surface area contributed by atoms with E-state index in [0.29, 0.717) is 23.1 Å². The molecule has 1 amide bonds. The van der Waals surface area contributed by atoms with Crippen LogP contribution in [0.3, 0.4) is 0 Å². The molecular formula is C27H30FN3O7S2. The van der Waals surface area contributed by atoms with E-state index in [1.807, 2.05) is 0 Å². The lowest BCUT2D eigenvalue weighted by Crippen LogP contribution is -2.38. The van der Waals surface area contributed by atoms with Crippen molar-refractivity contribution in [1.82, 2.24) is 4.31 Å². The van der Waals surface area contributed by atoms with E-state index in [0.717, 1.165) is 25.3 Å². The molecule has 1 fully saturated rings. The van der Waals surface area contributed by atoms with Gasteiger partial charge in [0.25, 0.3) is 10.0 Å². The van der Waals surface area contributed by atoms with E-state index in [4.69, 9.17) is 9.47 Å². The molecule has 13 heteroatoms. The predicted molar refractivity (Wildman–Crippen MR) is 148 cm³/mol. The van der Waals surface area contributed by atoms with E-state index in [9.17, 15) is 26.0 Å². The molecule has 0 atom stereocenters. The number of nitrogens with one attached hydrogen (secondary N) is 1. The molecule has 4 rings (SSSR count). The molecule has 10 nitrogen and oxygen atoms in total. The number of methoxy groups -OCH3 is 2. The first-order valence-electron chi connectivity index (χ1n) is 12.5. The Bertz CT molecular complexity index is 1570. The summed E-state index contributed by atoms with van der Waals surface area (Å²) in [6.45, 7) is -0.00466. The fourth-order valence-electron chi connectivity index (χ4n) is 4.35. The van der Waals surface area contributed by atoms with Gasteiger partial charge in [0.2, 0.25) is 15.9 Å². The van der Waals surface area contributed by atoms with Crippen LogP contribution in [0.2, 0.25) is 0 Å². The molecule has 40 heavy (non-hydrogen) atoms. The summed E-state index contributed by atoms with van der Waals surface area (Å²) < 4.78 is 80.8. The van der Waals surface area contributed by atoms with Crippen LogP contribution >= 0.6 is 0 Å². The number of carbonyl (C=O) groups excluding carboxylic acids is 1. The Balaban J connectivity index is 1.66. The minimum atomic E-state index is -4.41. The Morgan fingerprint density at radius 2 is 1.55 bits per heavy atom. The van der Waals surface area contributed by atoms with E-state index in [-0.39, 0.29) is 26.9 Å². The van der Waals surface area contributed by atoms with Crippen LogP contribution in [0.15, 0.2) is 76.5 Å². The lowest BCUT2D eigenvalue weighted by atomic mass is 10.2. The minimum Gasteiger partial charge on any atom is -0.497 e. The number of rotatable bonds is 10. The quantitative estimate of drug-likeness (QED) is 0.380. The third kappa shape index (κ3) is 6.21. The van der Waals surface area contributed by atoms with E-state index in [1.54, 1.807) is 0 Å². The number of nitrogens with zero attached hydrogens (tertiary/aromatic N) is 2. The number of benzene rings is 3. The monoisotopic (exact) mass is 591 g/mol. The van der Waals surface area contributed by atoms with Crippen LogP contribution in [0.25, 0.3) is 0 Å². The van der Waals surface area contributed by atoms with Gasteiger partial charge >= 0.3 is 0 Å². The number of anilines is 2. The summed E-state index contributed by atoms with van der Waals surface area (Å²) >= 11 is 0. The van der Waals surface area contributed by atoms with Gasteiger partial charge in [0, 0.05) is 13.1 Å². The summed E-state index contributed by atoms with van der Waals surface area (Å²) in [7, 11) is -5.45. The van der Waals surface area contributed by atoms with Crippen LogP contribution in [-0.4, -0.2) is 60.9 Å². The number of hydrogen-bond acceptors (Lipinski definition) is 7. The number of carbonyl (C=O) groups is 1. The van der Waals surface area contributed by atoms with E-state index >= 15 is 0 Å². The van der Waals surface area contributed by atoms with Gasteiger partial charge < -0.3 is 14.8 Å². The Morgan fingerprint density at radius 3 is 2.17 bits per heavy atom. The summed E-state index contributed by atoms with van der Waals surface area (Å²) in [5.41, 5.74) is -0.303. The zero-order valence-electron chi connectivity index (χ0n) is 22.0. The summed E-state index contributed by atoms with van der Waals surface area (Å²) in [5.74, 6) is -1.10. The highest BCUT2D eigenvalue weighted by molar-refractivity contribution is 7.92. The molecule has 0 bridgehead atoms. The van der Waals surface area contributed by atoms with Crippen molar-refractivity contribution >= 4 is 37.3 Å². The second-order valence-corrected chi connectivity index (χ2v) is 12.8. The fourth-order valence-corrected chi connectivity index (χ4v) is 7.32. The molecule has 0 aromatic heterocycles. The number of para-hydroxylation sites is 1. The largest absolute Gasteiger partial charge is 0.497 e. The predicted octanol–water partition coefficient (Wildman–Crippen LogP) is 3.85. The number of ether oxygens (including phenoxy) is 2. The molecule has 0 aliphatic carbocycles. The molecule has 1 heterocycles. The third-order valence-electron chi connectivity index (χ3n) is 6.45. The van der Waals surface area contributed by atoms with Crippen LogP contribution < -0.4 is 19.1 Å². The standard InChI is InChI=1S/C27H30FN3O7S2/c1-37-20-10-12-21(13-11-20)40(35,36)31(25-9-5-4-8-23(25)28)19-27(32)29-24-18-22(14-15-26(24)38-2)39(33,34)30-16-6-3-7-17-30/h4-5,8-15,18H,3,6-7,16-17,19H2,1-2H3,(H,29,32). The number of piperidine rings is 1. The maximum absolute atomic E-state index is 14.8. The highest BCUT2D eigenvalue weighted by Gasteiger charge is 2.30. The van der Waals surface area contributed by atoms with Crippen LogP contribution in [-0.2, 0) is 24.8 Å². The molecule has 0 saturated carbocycles.